The van der Waals surface area contributed by atoms with E-state index in [1.54, 1.807) is 0 Å². The molecule has 0 atom stereocenters. The summed E-state index contributed by atoms with van der Waals surface area (Å²) < 4.78 is 1.79. The first-order valence-corrected chi connectivity index (χ1v) is 5.29. The van der Waals surface area contributed by atoms with Crippen molar-refractivity contribution in [2.75, 3.05) is 0 Å². The molecular formula is C8H15IN4. The van der Waals surface area contributed by atoms with Crippen LogP contribution in [0.5, 0.6) is 0 Å². The van der Waals surface area contributed by atoms with Crippen LogP contribution in [0.25, 0.3) is 0 Å². The number of rotatable bonds is 1. The van der Waals surface area contributed by atoms with Gasteiger partial charge < -0.3 is 0 Å². The van der Waals surface area contributed by atoms with E-state index >= 15 is 0 Å². The van der Waals surface area contributed by atoms with Crippen LogP contribution in [0.3, 0.4) is 0 Å². The molecule has 0 N–H and O–H groups in total. The Morgan fingerprint density at radius 1 is 1.15 bits per heavy atom. The van der Waals surface area contributed by atoms with Crippen LogP contribution in [0.1, 0.15) is 40.4 Å². The molecule has 5 heteroatoms. The summed E-state index contributed by atoms with van der Waals surface area (Å²) in [4.78, 5) is 0. The minimum Gasteiger partial charge on any atom is -0.214 e. The van der Waals surface area contributed by atoms with E-state index in [1.165, 1.54) is 0 Å². The molecule has 0 unspecified atom stereocenters. The Hall–Kier alpha value is -0.200. The molecule has 0 aliphatic rings. The fourth-order valence-electron chi connectivity index (χ4n) is 1.01. The summed E-state index contributed by atoms with van der Waals surface area (Å²) >= 11 is 2.33. The first kappa shape index (κ1) is 10.9. The second kappa shape index (κ2) is 3.18. The largest absolute Gasteiger partial charge is 0.214 e. The average molecular weight is 294 g/mol. The van der Waals surface area contributed by atoms with Crippen molar-refractivity contribution in [3.8, 4) is 0 Å². The number of aromatic nitrogens is 4. The Morgan fingerprint density at radius 2 is 1.69 bits per heavy atom. The van der Waals surface area contributed by atoms with Gasteiger partial charge in [0, 0.05) is 5.41 Å². The van der Waals surface area contributed by atoms with Crippen LogP contribution in [-0.2, 0) is 8.96 Å². The first-order chi connectivity index (χ1) is 5.73. The van der Waals surface area contributed by atoms with Gasteiger partial charge >= 0.3 is 0 Å². The number of tetrazole rings is 1. The van der Waals surface area contributed by atoms with Crippen molar-refractivity contribution in [3.63, 3.8) is 0 Å². The average Bonchev–Trinajstić information content (AvgIpc) is 2.27. The molecule has 1 aromatic rings. The highest BCUT2D eigenvalue weighted by molar-refractivity contribution is 14.1. The number of halogens is 1. The lowest BCUT2D eigenvalue weighted by Crippen LogP contribution is -2.28. The normalized spacial score (nSPS) is 13.4. The predicted molar refractivity (Wildman–Crippen MR) is 59.9 cm³/mol. The lowest BCUT2D eigenvalue weighted by molar-refractivity contribution is 0.418. The molecule has 0 spiro atoms. The summed E-state index contributed by atoms with van der Waals surface area (Å²) in [6.07, 6.45) is 0. The van der Waals surface area contributed by atoms with Crippen LogP contribution >= 0.6 is 22.6 Å². The smallest absolute Gasteiger partial charge is 0.158 e. The fourth-order valence-corrected chi connectivity index (χ4v) is 1.34. The lowest BCUT2D eigenvalue weighted by Gasteiger charge is -2.24. The van der Waals surface area contributed by atoms with Gasteiger partial charge in [-0.25, -0.2) is 4.68 Å². The number of hydrogen-bond acceptors (Lipinski definition) is 3. The third kappa shape index (κ3) is 2.38. The Labute approximate surface area is 92.2 Å². The molecule has 0 aliphatic heterocycles. The van der Waals surface area contributed by atoms with Crippen molar-refractivity contribution in [1.29, 1.82) is 0 Å². The zero-order valence-corrected chi connectivity index (χ0v) is 10.8. The first-order valence-electron chi connectivity index (χ1n) is 4.21. The van der Waals surface area contributed by atoms with Gasteiger partial charge in [0.15, 0.2) is 5.82 Å². The Morgan fingerprint density at radius 3 is 2.00 bits per heavy atom. The molecule has 0 aliphatic carbocycles. The molecule has 0 saturated heterocycles. The van der Waals surface area contributed by atoms with Crippen molar-refractivity contribution in [2.24, 2.45) is 0 Å². The second-order valence-electron chi connectivity index (χ2n) is 4.57. The summed E-state index contributed by atoms with van der Waals surface area (Å²) in [6.45, 7) is 10.5. The van der Waals surface area contributed by atoms with Gasteiger partial charge in [-0.05, 0) is 24.3 Å². The molecule has 0 fully saturated rings. The Bertz CT molecular complexity index is 263. The van der Waals surface area contributed by atoms with Gasteiger partial charge in [0.2, 0.25) is 0 Å². The molecule has 0 bridgehead atoms. The third-order valence-electron chi connectivity index (χ3n) is 1.64. The Balaban J connectivity index is 3.19. The number of hydrogen-bond donors (Lipinski definition) is 0. The van der Waals surface area contributed by atoms with E-state index in [9.17, 15) is 0 Å². The lowest BCUT2D eigenvalue weighted by atomic mass is 9.95. The quantitative estimate of drug-likeness (QED) is 0.588. The molecule has 0 aromatic carbocycles. The standard InChI is InChI=1S/C8H15IN4/c1-7(2,3)6-10-11-12-13(6)8(4,5)9/h1-5H3. The third-order valence-corrected chi connectivity index (χ3v) is 2.10. The van der Waals surface area contributed by atoms with Crippen molar-refractivity contribution in [1.82, 2.24) is 20.2 Å². The summed E-state index contributed by atoms with van der Waals surface area (Å²) in [6, 6.07) is 0. The minimum atomic E-state index is -0.0795. The summed E-state index contributed by atoms with van der Waals surface area (Å²) in [5, 5.41) is 11.8. The van der Waals surface area contributed by atoms with E-state index in [0.29, 0.717) is 0 Å². The molecule has 0 saturated carbocycles. The van der Waals surface area contributed by atoms with Crippen LogP contribution in [0.2, 0.25) is 0 Å². The fraction of sp³-hybridized carbons (Fsp3) is 0.875. The van der Waals surface area contributed by atoms with Gasteiger partial charge in [0.1, 0.15) is 3.55 Å². The van der Waals surface area contributed by atoms with Crippen molar-refractivity contribution < 1.29 is 0 Å². The maximum absolute atomic E-state index is 4.05. The van der Waals surface area contributed by atoms with Gasteiger partial charge in [-0.1, -0.05) is 43.4 Å². The molecule has 0 amide bonds. The van der Waals surface area contributed by atoms with Crippen LogP contribution in [-0.4, -0.2) is 20.2 Å². The maximum atomic E-state index is 4.05. The molecule has 0 radical (unpaired) electrons. The van der Waals surface area contributed by atoms with Crippen LogP contribution in [0, 0.1) is 0 Å². The molecule has 4 nitrogen and oxygen atoms in total. The zero-order valence-electron chi connectivity index (χ0n) is 8.67. The van der Waals surface area contributed by atoms with E-state index in [0.717, 1.165) is 5.82 Å². The SMILES string of the molecule is CC(C)(C)c1nnnn1C(C)(C)I. The van der Waals surface area contributed by atoms with Crippen molar-refractivity contribution >= 4 is 22.6 Å². The van der Waals surface area contributed by atoms with Crippen molar-refractivity contribution in [2.45, 2.75) is 43.6 Å². The maximum Gasteiger partial charge on any atom is 0.158 e. The highest BCUT2D eigenvalue weighted by Gasteiger charge is 2.28. The van der Waals surface area contributed by atoms with Gasteiger partial charge in [-0.3, -0.25) is 0 Å². The molecule has 1 aromatic heterocycles. The van der Waals surface area contributed by atoms with E-state index in [-0.39, 0.29) is 8.96 Å². The topological polar surface area (TPSA) is 43.6 Å². The van der Waals surface area contributed by atoms with E-state index in [1.807, 2.05) is 4.68 Å². The highest BCUT2D eigenvalue weighted by Crippen LogP contribution is 2.28. The monoisotopic (exact) mass is 294 g/mol. The van der Waals surface area contributed by atoms with E-state index in [4.69, 9.17) is 0 Å². The summed E-state index contributed by atoms with van der Waals surface area (Å²) in [5.41, 5.74) is -0.00799. The molecule has 13 heavy (non-hydrogen) atoms. The zero-order chi connectivity index (χ0) is 10.3. The highest BCUT2D eigenvalue weighted by atomic mass is 127. The van der Waals surface area contributed by atoms with Crippen LogP contribution < -0.4 is 0 Å². The summed E-state index contributed by atoms with van der Waals surface area (Å²) in [5.74, 6) is 0.923. The van der Waals surface area contributed by atoms with Gasteiger partial charge in [-0.15, -0.1) is 5.10 Å². The molecule has 74 valence electrons. The second-order valence-corrected chi connectivity index (χ2v) is 7.21. The van der Waals surface area contributed by atoms with Gasteiger partial charge in [0.05, 0.1) is 0 Å². The Kier molecular flexibility index (Phi) is 2.66. The molecular weight excluding hydrogens is 279 g/mol. The predicted octanol–water partition coefficient (Wildman–Crippen LogP) is 2.10. The number of nitrogens with zero attached hydrogens (tertiary/aromatic N) is 4. The minimum absolute atomic E-state index is 0.00799. The van der Waals surface area contributed by atoms with Crippen molar-refractivity contribution in [3.05, 3.63) is 5.82 Å². The van der Waals surface area contributed by atoms with Crippen LogP contribution in [0.15, 0.2) is 0 Å². The van der Waals surface area contributed by atoms with Crippen LogP contribution in [0.4, 0.5) is 0 Å². The van der Waals surface area contributed by atoms with E-state index < -0.39 is 0 Å². The number of alkyl halides is 1. The van der Waals surface area contributed by atoms with E-state index in [2.05, 4.69) is 72.7 Å². The molecule has 1 heterocycles. The van der Waals surface area contributed by atoms with Gasteiger partial charge in [0.25, 0.3) is 0 Å². The molecule has 1 rings (SSSR count). The van der Waals surface area contributed by atoms with Gasteiger partial charge in [-0.2, -0.15) is 0 Å². The summed E-state index contributed by atoms with van der Waals surface area (Å²) in [7, 11) is 0.